The van der Waals surface area contributed by atoms with Gasteiger partial charge in [0.15, 0.2) is 17.1 Å². The molecule has 0 amide bonds. The number of halogens is 1. The topological polar surface area (TPSA) is 117 Å². The Hall–Kier alpha value is -4.09. The van der Waals surface area contributed by atoms with Gasteiger partial charge in [-0.1, -0.05) is 35.9 Å². The molecular weight excluding hydrogens is 530 g/mol. The fraction of sp³-hybridized carbons (Fsp3) is 0.192. The van der Waals surface area contributed by atoms with Crippen LogP contribution in [0.3, 0.4) is 0 Å². The van der Waals surface area contributed by atoms with E-state index in [4.69, 9.17) is 25.8 Å². The highest BCUT2D eigenvalue weighted by molar-refractivity contribution is 7.91. The number of methoxy groups -OCH3 is 3. The summed E-state index contributed by atoms with van der Waals surface area (Å²) in [6.07, 6.45) is 0.793. The first kappa shape index (κ1) is 25.6. The highest BCUT2D eigenvalue weighted by Crippen LogP contribution is 2.41. The van der Waals surface area contributed by atoms with Gasteiger partial charge in [0, 0.05) is 28.2 Å². The van der Waals surface area contributed by atoms with E-state index in [2.05, 4.69) is 20.6 Å². The SMILES string of the molecule is CCc1ccc(S(=O)(=O)c2nnn3c2nc(Nc2cc(OC)c(OC)c(OC)c2)c2cc(Cl)ccc23)cc1. The standard InChI is InChI=1S/C26H24ClN5O5S/c1-5-15-6-9-18(10-7-15)38(33,34)26-25-29-24(19-12-16(27)8-11-20(19)32(25)31-30-26)28-17-13-21(35-2)23(37-4)22(14-17)36-3/h6-14H,5H2,1-4H3,(H,28,29). The van der Waals surface area contributed by atoms with E-state index in [0.717, 1.165) is 12.0 Å². The lowest BCUT2D eigenvalue weighted by molar-refractivity contribution is 0.324. The Kier molecular flexibility index (Phi) is 6.72. The summed E-state index contributed by atoms with van der Waals surface area (Å²) < 4.78 is 44.8. The van der Waals surface area contributed by atoms with Crippen molar-refractivity contribution in [1.82, 2.24) is 19.8 Å². The van der Waals surface area contributed by atoms with Crippen molar-refractivity contribution in [1.29, 1.82) is 0 Å². The maximum atomic E-state index is 13.6. The van der Waals surface area contributed by atoms with Crippen LogP contribution in [0.1, 0.15) is 12.5 Å². The molecule has 12 heteroatoms. The molecule has 0 saturated carbocycles. The average molecular weight is 554 g/mol. The van der Waals surface area contributed by atoms with Gasteiger partial charge < -0.3 is 19.5 Å². The van der Waals surface area contributed by atoms with Gasteiger partial charge in [0.25, 0.3) is 0 Å². The molecular formula is C26H24ClN5O5S. The number of ether oxygens (including phenoxy) is 3. The number of sulfone groups is 1. The van der Waals surface area contributed by atoms with Crippen LogP contribution in [0.25, 0.3) is 16.6 Å². The van der Waals surface area contributed by atoms with Gasteiger partial charge in [0.05, 0.1) is 31.7 Å². The summed E-state index contributed by atoms with van der Waals surface area (Å²) in [7, 11) is 0.538. The monoisotopic (exact) mass is 553 g/mol. The van der Waals surface area contributed by atoms with Gasteiger partial charge in [-0.15, -0.1) is 5.10 Å². The lowest BCUT2D eigenvalue weighted by Gasteiger charge is -2.16. The number of aryl methyl sites for hydroxylation is 1. The Bertz CT molecular complexity index is 1750. The van der Waals surface area contributed by atoms with Crippen LogP contribution < -0.4 is 19.5 Å². The molecule has 0 bridgehead atoms. The predicted octanol–water partition coefficient (Wildman–Crippen LogP) is 5.10. The van der Waals surface area contributed by atoms with Gasteiger partial charge in [-0.3, -0.25) is 0 Å². The molecule has 1 N–H and O–H groups in total. The van der Waals surface area contributed by atoms with E-state index < -0.39 is 9.84 Å². The molecule has 5 rings (SSSR count). The third-order valence-electron chi connectivity index (χ3n) is 6.10. The Morgan fingerprint density at radius 2 is 1.63 bits per heavy atom. The number of anilines is 2. The van der Waals surface area contributed by atoms with E-state index in [1.165, 1.54) is 25.8 Å². The molecule has 0 spiro atoms. The quantitative estimate of drug-likeness (QED) is 0.280. The van der Waals surface area contributed by atoms with Crippen LogP contribution in [0.2, 0.25) is 5.02 Å². The van der Waals surface area contributed by atoms with Crippen molar-refractivity contribution in [2.45, 2.75) is 23.3 Å². The molecule has 0 aliphatic heterocycles. The number of aromatic nitrogens is 4. The van der Waals surface area contributed by atoms with Crippen molar-refractivity contribution in [3.63, 3.8) is 0 Å². The molecule has 5 aromatic rings. The van der Waals surface area contributed by atoms with Crippen LogP contribution in [0.4, 0.5) is 11.5 Å². The molecule has 0 fully saturated rings. The van der Waals surface area contributed by atoms with Gasteiger partial charge in [-0.05, 0) is 42.3 Å². The summed E-state index contributed by atoms with van der Waals surface area (Å²) in [6, 6.07) is 15.2. The zero-order valence-corrected chi connectivity index (χ0v) is 22.6. The van der Waals surface area contributed by atoms with Gasteiger partial charge >= 0.3 is 0 Å². The van der Waals surface area contributed by atoms with Gasteiger partial charge in [0.2, 0.25) is 20.6 Å². The van der Waals surface area contributed by atoms with E-state index in [0.29, 0.717) is 44.7 Å². The molecule has 196 valence electrons. The van der Waals surface area contributed by atoms with Crippen LogP contribution in [0, 0.1) is 0 Å². The largest absolute Gasteiger partial charge is 0.493 e. The maximum absolute atomic E-state index is 13.6. The molecule has 0 aliphatic rings. The molecule has 10 nitrogen and oxygen atoms in total. The van der Waals surface area contributed by atoms with Gasteiger partial charge in [-0.2, -0.15) is 4.52 Å². The predicted molar refractivity (Wildman–Crippen MR) is 144 cm³/mol. The molecule has 0 aliphatic carbocycles. The number of nitrogens with one attached hydrogen (secondary N) is 1. The van der Waals surface area contributed by atoms with Crippen molar-refractivity contribution >= 4 is 49.5 Å². The number of fused-ring (bicyclic) bond motifs is 3. The number of hydrogen-bond acceptors (Lipinski definition) is 9. The van der Waals surface area contributed by atoms with Crippen molar-refractivity contribution in [3.8, 4) is 17.2 Å². The Labute approximate surface area is 224 Å². The Balaban J connectivity index is 1.71. The minimum Gasteiger partial charge on any atom is -0.493 e. The molecule has 3 aromatic carbocycles. The maximum Gasteiger partial charge on any atom is 0.229 e. The lowest BCUT2D eigenvalue weighted by atomic mass is 10.2. The van der Waals surface area contributed by atoms with Crippen LogP contribution in [-0.4, -0.2) is 49.6 Å². The summed E-state index contributed by atoms with van der Waals surface area (Å²) in [5, 5.41) is 12.2. The normalized spacial score (nSPS) is 11.6. The van der Waals surface area contributed by atoms with Crippen molar-refractivity contribution in [3.05, 3.63) is 65.2 Å². The third kappa shape index (κ3) is 4.33. The second kappa shape index (κ2) is 9.99. The van der Waals surface area contributed by atoms with E-state index in [1.54, 1.807) is 54.6 Å². The van der Waals surface area contributed by atoms with Crippen molar-refractivity contribution in [2.75, 3.05) is 26.6 Å². The second-order valence-corrected chi connectivity index (χ2v) is 10.6. The smallest absolute Gasteiger partial charge is 0.229 e. The van der Waals surface area contributed by atoms with Gasteiger partial charge in [0.1, 0.15) is 5.82 Å². The minimum atomic E-state index is -4.01. The number of nitrogens with zero attached hydrogens (tertiary/aromatic N) is 4. The fourth-order valence-electron chi connectivity index (χ4n) is 4.14. The van der Waals surface area contributed by atoms with E-state index in [9.17, 15) is 8.42 Å². The van der Waals surface area contributed by atoms with Crippen molar-refractivity contribution in [2.24, 2.45) is 0 Å². The van der Waals surface area contributed by atoms with Crippen molar-refractivity contribution < 1.29 is 22.6 Å². The summed E-state index contributed by atoms with van der Waals surface area (Å²) in [5.41, 5.74) is 2.21. The number of hydrogen-bond donors (Lipinski definition) is 1. The highest BCUT2D eigenvalue weighted by atomic mass is 35.5. The minimum absolute atomic E-state index is 0.0642. The Morgan fingerprint density at radius 3 is 2.24 bits per heavy atom. The first-order valence-electron chi connectivity index (χ1n) is 11.6. The first-order chi connectivity index (χ1) is 18.3. The molecule has 2 heterocycles. The summed E-state index contributed by atoms with van der Waals surface area (Å²) in [6.45, 7) is 2.00. The summed E-state index contributed by atoms with van der Waals surface area (Å²) in [5.74, 6) is 1.63. The van der Waals surface area contributed by atoms with Crippen LogP contribution in [0.15, 0.2) is 64.5 Å². The first-order valence-corrected chi connectivity index (χ1v) is 13.4. The fourth-order valence-corrected chi connectivity index (χ4v) is 5.55. The number of benzene rings is 3. The van der Waals surface area contributed by atoms with Crippen LogP contribution in [0.5, 0.6) is 17.2 Å². The van der Waals surface area contributed by atoms with E-state index >= 15 is 0 Å². The number of rotatable bonds is 8. The molecule has 2 aromatic heterocycles. The average Bonchev–Trinajstić information content (AvgIpc) is 3.37. The molecule has 0 unspecified atom stereocenters. The third-order valence-corrected chi connectivity index (χ3v) is 8.00. The summed E-state index contributed by atoms with van der Waals surface area (Å²) >= 11 is 6.31. The molecule has 0 atom stereocenters. The van der Waals surface area contributed by atoms with Gasteiger partial charge in [-0.25, -0.2) is 13.4 Å². The zero-order valence-electron chi connectivity index (χ0n) is 21.0. The Morgan fingerprint density at radius 1 is 0.947 bits per heavy atom. The molecule has 0 radical (unpaired) electrons. The summed E-state index contributed by atoms with van der Waals surface area (Å²) in [4.78, 5) is 4.76. The van der Waals surface area contributed by atoms with E-state index in [1.807, 2.05) is 6.92 Å². The van der Waals surface area contributed by atoms with Crippen LogP contribution in [-0.2, 0) is 16.3 Å². The van der Waals surface area contributed by atoms with Crippen LogP contribution >= 0.6 is 11.6 Å². The molecule has 0 saturated heterocycles. The van der Waals surface area contributed by atoms with E-state index in [-0.39, 0.29) is 15.6 Å². The lowest BCUT2D eigenvalue weighted by Crippen LogP contribution is -2.06. The zero-order chi connectivity index (χ0) is 27.0. The highest BCUT2D eigenvalue weighted by Gasteiger charge is 2.27. The molecule has 38 heavy (non-hydrogen) atoms. The second-order valence-electron chi connectivity index (χ2n) is 8.29.